The molecule has 0 saturated heterocycles. The molecule has 1 heterocycles. The molecule has 3 rings (SSSR count). The smallest absolute Gasteiger partial charge is 0.338 e. The Balaban J connectivity index is 1.73. The molecule has 0 bridgehead atoms. The second-order valence-corrected chi connectivity index (χ2v) is 6.74. The molecule has 0 aliphatic carbocycles. The molecule has 142 valence electrons. The molecule has 6 nitrogen and oxygen atoms in total. The Hall–Kier alpha value is -3.02. The van der Waals surface area contributed by atoms with Crippen LogP contribution in [0.5, 0.6) is 11.5 Å². The fourth-order valence-electron chi connectivity index (χ4n) is 2.75. The SMILES string of the molecule is CCOC(=O)c1ccc(NC(=O)C(C)(C)c2ccc3c(c2)OCCO3)cc1. The van der Waals surface area contributed by atoms with Gasteiger partial charge in [0, 0.05) is 5.69 Å². The molecule has 0 unspecified atom stereocenters. The van der Waals surface area contributed by atoms with Crippen LogP contribution in [0, 0.1) is 0 Å². The summed E-state index contributed by atoms with van der Waals surface area (Å²) >= 11 is 0. The van der Waals surface area contributed by atoms with Gasteiger partial charge in [-0.2, -0.15) is 0 Å². The minimum atomic E-state index is -0.782. The lowest BCUT2D eigenvalue weighted by Crippen LogP contribution is -2.34. The maximum atomic E-state index is 12.8. The molecule has 0 atom stereocenters. The zero-order valence-electron chi connectivity index (χ0n) is 15.7. The second kappa shape index (κ2) is 7.70. The van der Waals surface area contributed by atoms with E-state index in [0.717, 1.165) is 5.56 Å². The number of hydrogen-bond acceptors (Lipinski definition) is 5. The highest BCUT2D eigenvalue weighted by Gasteiger charge is 2.31. The lowest BCUT2D eigenvalue weighted by molar-refractivity contribution is -0.120. The number of carbonyl (C=O) groups is 2. The van der Waals surface area contributed by atoms with Crippen LogP contribution < -0.4 is 14.8 Å². The van der Waals surface area contributed by atoms with E-state index in [1.165, 1.54) is 0 Å². The predicted octanol–water partition coefficient (Wildman–Crippen LogP) is 3.55. The molecule has 2 aromatic carbocycles. The van der Waals surface area contributed by atoms with Crippen LogP contribution in [0.1, 0.15) is 36.7 Å². The summed E-state index contributed by atoms with van der Waals surface area (Å²) in [6.07, 6.45) is 0. The Bertz CT molecular complexity index is 842. The number of rotatable bonds is 5. The number of benzene rings is 2. The van der Waals surface area contributed by atoms with Gasteiger partial charge in [0.2, 0.25) is 5.91 Å². The molecule has 0 fully saturated rings. The van der Waals surface area contributed by atoms with Gasteiger partial charge in [0.15, 0.2) is 11.5 Å². The summed E-state index contributed by atoms with van der Waals surface area (Å²) in [6, 6.07) is 12.2. The fraction of sp³-hybridized carbons (Fsp3) is 0.333. The number of fused-ring (bicyclic) bond motifs is 1. The van der Waals surface area contributed by atoms with Crippen LogP contribution >= 0.6 is 0 Å². The molecule has 1 N–H and O–H groups in total. The van der Waals surface area contributed by atoms with Crippen LogP contribution in [0.3, 0.4) is 0 Å². The number of anilines is 1. The summed E-state index contributed by atoms with van der Waals surface area (Å²) in [4.78, 5) is 24.6. The number of esters is 1. The van der Waals surface area contributed by atoms with Crippen LogP contribution in [0.4, 0.5) is 5.69 Å². The second-order valence-electron chi connectivity index (χ2n) is 6.74. The molecule has 0 spiro atoms. The number of hydrogen-bond donors (Lipinski definition) is 1. The molecule has 0 radical (unpaired) electrons. The standard InChI is InChI=1S/C21H23NO5/c1-4-25-19(23)14-5-8-16(9-6-14)22-20(24)21(2,3)15-7-10-17-18(13-15)27-12-11-26-17/h5-10,13H,4,11-12H2,1-3H3,(H,22,24). The average Bonchev–Trinajstić information content (AvgIpc) is 2.68. The van der Waals surface area contributed by atoms with E-state index in [-0.39, 0.29) is 11.9 Å². The maximum absolute atomic E-state index is 12.8. The van der Waals surface area contributed by atoms with Crippen molar-refractivity contribution in [2.75, 3.05) is 25.1 Å². The van der Waals surface area contributed by atoms with Gasteiger partial charge < -0.3 is 19.5 Å². The van der Waals surface area contributed by atoms with E-state index in [9.17, 15) is 9.59 Å². The molecular weight excluding hydrogens is 346 g/mol. The predicted molar refractivity (Wildman–Crippen MR) is 101 cm³/mol. The third kappa shape index (κ3) is 4.05. The zero-order chi connectivity index (χ0) is 19.4. The van der Waals surface area contributed by atoms with Gasteiger partial charge in [-0.1, -0.05) is 6.07 Å². The Labute approximate surface area is 158 Å². The summed E-state index contributed by atoms with van der Waals surface area (Å²) in [5.41, 5.74) is 1.10. The van der Waals surface area contributed by atoms with E-state index < -0.39 is 5.41 Å². The minimum Gasteiger partial charge on any atom is -0.486 e. The zero-order valence-corrected chi connectivity index (χ0v) is 15.7. The van der Waals surface area contributed by atoms with Crippen molar-refractivity contribution >= 4 is 17.6 Å². The normalized spacial score (nSPS) is 13.0. The summed E-state index contributed by atoms with van der Waals surface area (Å²) in [6.45, 7) is 6.79. The molecule has 1 aliphatic rings. The molecule has 1 amide bonds. The summed E-state index contributed by atoms with van der Waals surface area (Å²) in [5, 5.41) is 2.90. The van der Waals surface area contributed by atoms with Gasteiger partial charge in [-0.15, -0.1) is 0 Å². The van der Waals surface area contributed by atoms with Crippen molar-refractivity contribution in [3.63, 3.8) is 0 Å². The van der Waals surface area contributed by atoms with E-state index in [4.69, 9.17) is 14.2 Å². The van der Waals surface area contributed by atoms with Crippen molar-refractivity contribution < 1.29 is 23.8 Å². The number of ether oxygens (including phenoxy) is 3. The van der Waals surface area contributed by atoms with Gasteiger partial charge in [0.05, 0.1) is 17.6 Å². The quantitative estimate of drug-likeness (QED) is 0.816. The first-order valence-electron chi connectivity index (χ1n) is 8.90. The third-order valence-electron chi connectivity index (χ3n) is 4.49. The van der Waals surface area contributed by atoms with E-state index in [0.29, 0.717) is 42.6 Å². The molecule has 1 aliphatic heterocycles. The largest absolute Gasteiger partial charge is 0.486 e. The molecule has 2 aromatic rings. The van der Waals surface area contributed by atoms with Crippen molar-refractivity contribution in [1.82, 2.24) is 0 Å². The molecule has 6 heteroatoms. The van der Waals surface area contributed by atoms with E-state index in [1.54, 1.807) is 31.2 Å². The molecular formula is C21H23NO5. The van der Waals surface area contributed by atoms with E-state index in [2.05, 4.69) is 5.32 Å². The lowest BCUT2D eigenvalue weighted by Gasteiger charge is -2.26. The Morgan fingerprint density at radius 1 is 1.04 bits per heavy atom. The highest BCUT2D eigenvalue weighted by molar-refractivity contribution is 5.99. The fourth-order valence-corrected chi connectivity index (χ4v) is 2.75. The first-order chi connectivity index (χ1) is 12.9. The van der Waals surface area contributed by atoms with Crippen molar-refractivity contribution in [2.24, 2.45) is 0 Å². The van der Waals surface area contributed by atoms with Crippen molar-refractivity contribution in [2.45, 2.75) is 26.2 Å². The van der Waals surface area contributed by atoms with Crippen molar-refractivity contribution in [3.05, 3.63) is 53.6 Å². The summed E-state index contributed by atoms with van der Waals surface area (Å²) < 4.78 is 16.1. The molecule has 0 aromatic heterocycles. The molecule has 27 heavy (non-hydrogen) atoms. The van der Waals surface area contributed by atoms with Gasteiger partial charge in [0.25, 0.3) is 0 Å². The van der Waals surface area contributed by atoms with Gasteiger partial charge >= 0.3 is 5.97 Å². The third-order valence-corrected chi connectivity index (χ3v) is 4.49. The van der Waals surface area contributed by atoms with Crippen LogP contribution in [-0.2, 0) is 14.9 Å². The monoisotopic (exact) mass is 369 g/mol. The summed E-state index contributed by atoms with van der Waals surface area (Å²) in [5.74, 6) is 0.796. The van der Waals surface area contributed by atoms with E-state index >= 15 is 0 Å². The number of nitrogens with one attached hydrogen (secondary N) is 1. The molecule has 0 saturated carbocycles. The Morgan fingerprint density at radius 2 is 1.70 bits per heavy atom. The van der Waals surface area contributed by atoms with E-state index in [1.807, 2.05) is 32.0 Å². The highest BCUT2D eigenvalue weighted by atomic mass is 16.6. The van der Waals surface area contributed by atoms with Crippen LogP contribution in [-0.4, -0.2) is 31.7 Å². The Kier molecular flexibility index (Phi) is 5.35. The van der Waals surface area contributed by atoms with Crippen molar-refractivity contribution in [3.8, 4) is 11.5 Å². The van der Waals surface area contributed by atoms with Crippen LogP contribution in [0.15, 0.2) is 42.5 Å². The Morgan fingerprint density at radius 3 is 2.37 bits per heavy atom. The van der Waals surface area contributed by atoms with Gasteiger partial charge in [-0.3, -0.25) is 4.79 Å². The van der Waals surface area contributed by atoms with Crippen LogP contribution in [0.2, 0.25) is 0 Å². The van der Waals surface area contributed by atoms with Gasteiger partial charge in [0.1, 0.15) is 13.2 Å². The number of amides is 1. The lowest BCUT2D eigenvalue weighted by atomic mass is 9.83. The first-order valence-corrected chi connectivity index (χ1v) is 8.90. The average molecular weight is 369 g/mol. The highest BCUT2D eigenvalue weighted by Crippen LogP contribution is 2.35. The first kappa shape index (κ1) is 18.8. The summed E-state index contributed by atoms with van der Waals surface area (Å²) in [7, 11) is 0. The minimum absolute atomic E-state index is 0.164. The maximum Gasteiger partial charge on any atom is 0.338 e. The van der Waals surface area contributed by atoms with Gasteiger partial charge in [-0.05, 0) is 62.7 Å². The number of carbonyl (C=O) groups excluding carboxylic acids is 2. The van der Waals surface area contributed by atoms with Crippen molar-refractivity contribution in [1.29, 1.82) is 0 Å². The van der Waals surface area contributed by atoms with Gasteiger partial charge in [-0.25, -0.2) is 4.79 Å². The van der Waals surface area contributed by atoms with Crippen LogP contribution in [0.25, 0.3) is 0 Å². The topological polar surface area (TPSA) is 73.9 Å².